The number of amidine groups is 1. The molecule has 204 valence electrons. The van der Waals surface area contributed by atoms with Crippen LogP contribution in [0.5, 0.6) is 0 Å². The lowest BCUT2D eigenvalue weighted by Crippen LogP contribution is -2.28. The summed E-state index contributed by atoms with van der Waals surface area (Å²) >= 11 is 13.9. The highest BCUT2D eigenvalue weighted by molar-refractivity contribution is 8.18. The molecule has 1 amide bonds. The molecule has 2 heterocycles. The highest BCUT2D eigenvalue weighted by Gasteiger charge is 2.33. The highest BCUT2D eigenvalue weighted by atomic mass is 35.5. The molecule has 0 atom stereocenters. The number of likely N-dealkylation sites (N-methyl/N-ethyl adjacent to an activating group) is 1. The van der Waals surface area contributed by atoms with Crippen LogP contribution >= 0.6 is 35.0 Å². The molecule has 0 radical (unpaired) electrons. The lowest BCUT2D eigenvalue weighted by atomic mass is 10.1. The molecule has 0 aliphatic carbocycles. The standard InChI is InChI=1S/C31H27Cl2N3O3S/c1-4-35-29(37)28(40-31(35)34-23-10-8-9-20(15-23)30(38)39-5-2)17-25-19(3)36(27-12-7-6-11-24(25)27)18-21-13-14-22(32)16-26(21)33/h6-17H,4-5,18H2,1-3H3. The lowest BCUT2D eigenvalue weighted by Gasteiger charge is -2.12. The van der Waals surface area contributed by atoms with Crippen molar-refractivity contribution in [2.75, 3.05) is 13.2 Å². The number of hydrogen-bond donors (Lipinski definition) is 0. The number of amides is 1. The molecule has 0 unspecified atom stereocenters. The van der Waals surface area contributed by atoms with Crippen molar-refractivity contribution in [1.82, 2.24) is 9.47 Å². The number of hydrogen-bond acceptors (Lipinski definition) is 5. The molecule has 4 aromatic rings. The van der Waals surface area contributed by atoms with Crippen molar-refractivity contribution in [1.29, 1.82) is 0 Å². The number of carbonyl (C=O) groups is 2. The van der Waals surface area contributed by atoms with Gasteiger partial charge in [-0.3, -0.25) is 9.69 Å². The Hall–Kier alpha value is -3.52. The zero-order chi connectivity index (χ0) is 28.4. The number of halogens is 2. The van der Waals surface area contributed by atoms with E-state index in [1.807, 2.05) is 44.2 Å². The van der Waals surface area contributed by atoms with Crippen molar-refractivity contribution >= 4 is 74.7 Å². The minimum Gasteiger partial charge on any atom is -0.462 e. The number of ether oxygens (including phenoxy) is 1. The first-order chi connectivity index (χ1) is 19.3. The molecule has 40 heavy (non-hydrogen) atoms. The number of aromatic nitrogens is 1. The van der Waals surface area contributed by atoms with Gasteiger partial charge in [-0.05, 0) is 80.6 Å². The van der Waals surface area contributed by atoms with Crippen LogP contribution in [-0.2, 0) is 16.1 Å². The van der Waals surface area contributed by atoms with Gasteiger partial charge in [0.25, 0.3) is 5.91 Å². The van der Waals surface area contributed by atoms with E-state index >= 15 is 0 Å². The summed E-state index contributed by atoms with van der Waals surface area (Å²) in [6, 6.07) is 20.6. The largest absolute Gasteiger partial charge is 0.462 e. The van der Waals surface area contributed by atoms with Gasteiger partial charge in [-0.2, -0.15) is 0 Å². The van der Waals surface area contributed by atoms with Gasteiger partial charge in [-0.1, -0.05) is 53.5 Å². The Morgan fingerprint density at radius 1 is 1.05 bits per heavy atom. The van der Waals surface area contributed by atoms with E-state index in [1.165, 1.54) is 11.8 Å². The number of benzene rings is 3. The second-order valence-electron chi connectivity index (χ2n) is 9.16. The van der Waals surface area contributed by atoms with E-state index in [0.717, 1.165) is 27.7 Å². The van der Waals surface area contributed by atoms with Crippen LogP contribution in [-0.4, -0.2) is 39.7 Å². The van der Waals surface area contributed by atoms with E-state index in [9.17, 15) is 9.59 Å². The Labute approximate surface area is 247 Å². The molecule has 6 nitrogen and oxygen atoms in total. The number of carbonyl (C=O) groups excluding carboxylic acids is 2. The van der Waals surface area contributed by atoms with Crippen LogP contribution in [0.25, 0.3) is 17.0 Å². The molecule has 0 saturated carbocycles. The van der Waals surface area contributed by atoms with Gasteiger partial charge in [0.2, 0.25) is 0 Å². The minimum absolute atomic E-state index is 0.107. The fraction of sp³-hybridized carbons (Fsp3) is 0.194. The molecule has 3 aromatic carbocycles. The summed E-state index contributed by atoms with van der Waals surface area (Å²) in [4.78, 5) is 32.6. The van der Waals surface area contributed by atoms with Gasteiger partial charge < -0.3 is 9.30 Å². The first kappa shape index (κ1) is 28.0. The van der Waals surface area contributed by atoms with E-state index in [0.29, 0.717) is 51.1 Å². The zero-order valence-electron chi connectivity index (χ0n) is 22.3. The molecular weight excluding hydrogens is 565 g/mol. The first-order valence-corrected chi connectivity index (χ1v) is 14.5. The summed E-state index contributed by atoms with van der Waals surface area (Å²) in [6.45, 7) is 7.06. The Morgan fingerprint density at radius 2 is 1.85 bits per heavy atom. The van der Waals surface area contributed by atoms with Crippen LogP contribution in [0.4, 0.5) is 5.69 Å². The Morgan fingerprint density at radius 3 is 2.60 bits per heavy atom. The predicted octanol–water partition coefficient (Wildman–Crippen LogP) is 8.11. The second-order valence-corrected chi connectivity index (χ2v) is 11.0. The van der Waals surface area contributed by atoms with Crippen LogP contribution in [0, 0.1) is 6.92 Å². The van der Waals surface area contributed by atoms with Crippen molar-refractivity contribution in [3.63, 3.8) is 0 Å². The molecule has 1 aliphatic heterocycles. The minimum atomic E-state index is -0.403. The summed E-state index contributed by atoms with van der Waals surface area (Å²) in [5, 5.41) is 2.81. The summed E-state index contributed by atoms with van der Waals surface area (Å²) in [5.41, 5.74) is 4.98. The summed E-state index contributed by atoms with van der Waals surface area (Å²) in [5.74, 6) is -0.510. The molecule has 1 saturated heterocycles. The molecule has 0 spiro atoms. The highest BCUT2D eigenvalue weighted by Crippen LogP contribution is 2.37. The van der Waals surface area contributed by atoms with Crippen molar-refractivity contribution < 1.29 is 14.3 Å². The van der Waals surface area contributed by atoms with E-state index in [4.69, 9.17) is 32.9 Å². The van der Waals surface area contributed by atoms with Crippen molar-refractivity contribution in [3.05, 3.63) is 104 Å². The van der Waals surface area contributed by atoms with Crippen molar-refractivity contribution in [3.8, 4) is 0 Å². The molecule has 0 N–H and O–H groups in total. The van der Waals surface area contributed by atoms with Gasteiger partial charge in [-0.25, -0.2) is 9.79 Å². The van der Waals surface area contributed by atoms with Crippen LogP contribution in [0.15, 0.2) is 76.6 Å². The maximum Gasteiger partial charge on any atom is 0.338 e. The number of thioether (sulfide) groups is 1. The predicted molar refractivity (Wildman–Crippen MR) is 165 cm³/mol. The monoisotopic (exact) mass is 591 g/mol. The van der Waals surface area contributed by atoms with Gasteiger partial charge in [0.05, 0.1) is 22.8 Å². The van der Waals surface area contributed by atoms with E-state index in [-0.39, 0.29) is 5.91 Å². The molecule has 1 fully saturated rings. The maximum absolute atomic E-state index is 13.5. The normalized spacial score (nSPS) is 15.5. The van der Waals surface area contributed by atoms with Gasteiger partial charge >= 0.3 is 5.97 Å². The number of aliphatic imine (C=N–C) groups is 1. The van der Waals surface area contributed by atoms with Gasteiger partial charge in [0.1, 0.15) is 0 Å². The third kappa shape index (κ3) is 5.55. The van der Waals surface area contributed by atoms with Crippen LogP contribution < -0.4 is 0 Å². The molecular formula is C31H27Cl2N3O3S. The molecule has 1 aliphatic rings. The van der Waals surface area contributed by atoms with Gasteiger partial charge in [0.15, 0.2) is 5.17 Å². The summed E-state index contributed by atoms with van der Waals surface area (Å²) in [7, 11) is 0. The number of rotatable bonds is 7. The van der Waals surface area contributed by atoms with E-state index < -0.39 is 5.97 Å². The summed E-state index contributed by atoms with van der Waals surface area (Å²) in [6.07, 6.45) is 1.95. The molecule has 1 aromatic heterocycles. The van der Waals surface area contributed by atoms with Crippen molar-refractivity contribution in [2.24, 2.45) is 4.99 Å². The SMILES string of the molecule is CCOC(=O)c1cccc(N=C2SC(=Cc3c(C)n(Cc4ccc(Cl)cc4Cl)c4ccccc34)C(=O)N2CC)c1. The molecule has 5 rings (SSSR count). The molecule has 0 bridgehead atoms. The molecule has 9 heteroatoms. The fourth-order valence-electron chi connectivity index (χ4n) is 4.69. The average molecular weight is 593 g/mol. The van der Waals surface area contributed by atoms with E-state index in [1.54, 1.807) is 42.2 Å². The first-order valence-electron chi connectivity index (χ1n) is 12.9. The van der Waals surface area contributed by atoms with E-state index in [2.05, 4.69) is 16.7 Å². The second kappa shape index (κ2) is 11.9. The number of para-hydroxylation sites is 1. The Kier molecular flexibility index (Phi) is 8.35. The summed E-state index contributed by atoms with van der Waals surface area (Å²) < 4.78 is 7.31. The van der Waals surface area contributed by atoms with Crippen molar-refractivity contribution in [2.45, 2.75) is 27.3 Å². The van der Waals surface area contributed by atoms with Crippen LogP contribution in [0.2, 0.25) is 10.0 Å². The third-order valence-corrected chi connectivity index (χ3v) is 8.28. The smallest absolute Gasteiger partial charge is 0.338 e. The zero-order valence-corrected chi connectivity index (χ0v) is 24.6. The van der Waals surface area contributed by atoms with Crippen LogP contribution in [0.3, 0.4) is 0 Å². The lowest BCUT2D eigenvalue weighted by molar-refractivity contribution is -0.122. The third-order valence-electron chi connectivity index (χ3n) is 6.69. The topological polar surface area (TPSA) is 63.9 Å². The Bertz CT molecular complexity index is 1690. The van der Waals surface area contributed by atoms with Gasteiger partial charge in [0, 0.05) is 45.3 Å². The fourth-order valence-corrected chi connectivity index (χ4v) is 6.21. The Balaban J connectivity index is 1.52. The average Bonchev–Trinajstić information content (AvgIpc) is 3.38. The quantitative estimate of drug-likeness (QED) is 0.161. The van der Waals surface area contributed by atoms with Gasteiger partial charge in [-0.15, -0.1) is 0 Å². The van der Waals surface area contributed by atoms with Crippen LogP contribution in [0.1, 0.15) is 41.0 Å². The number of esters is 1. The maximum atomic E-state index is 13.5. The number of nitrogens with zero attached hydrogens (tertiary/aromatic N) is 3. The number of fused-ring (bicyclic) bond motifs is 1.